The monoisotopic (exact) mass is 491 g/mol. The highest BCUT2D eigenvalue weighted by molar-refractivity contribution is 7.89. The zero-order valence-corrected chi connectivity index (χ0v) is 20.5. The number of benzene rings is 2. The third-order valence-corrected chi connectivity index (χ3v) is 7.60. The molecule has 2 amide bonds. The lowest BCUT2D eigenvalue weighted by Crippen LogP contribution is -2.28. The van der Waals surface area contributed by atoms with Gasteiger partial charge in [-0.3, -0.25) is 9.59 Å². The van der Waals surface area contributed by atoms with Gasteiger partial charge in [0.25, 0.3) is 0 Å². The number of carbonyl (C=O) groups is 2. The predicted octanol–water partition coefficient (Wildman–Crippen LogP) is 4.50. The predicted molar refractivity (Wildman–Crippen MR) is 131 cm³/mol. The molecule has 9 heteroatoms. The van der Waals surface area contributed by atoms with Crippen molar-refractivity contribution in [1.29, 1.82) is 0 Å². The van der Waals surface area contributed by atoms with Crippen molar-refractivity contribution in [2.75, 3.05) is 23.3 Å². The number of unbranched alkanes of at least 4 members (excludes halogenated alkanes) is 3. The molecule has 1 saturated heterocycles. The first kappa shape index (κ1) is 25.2. The molecular formula is C24H30ClN3O4S. The van der Waals surface area contributed by atoms with Crippen molar-refractivity contribution in [2.24, 2.45) is 5.92 Å². The van der Waals surface area contributed by atoms with Crippen molar-refractivity contribution >= 4 is 44.8 Å². The molecule has 7 nitrogen and oxygen atoms in total. The molecule has 1 atom stereocenters. The van der Waals surface area contributed by atoms with Crippen molar-refractivity contribution in [3.8, 4) is 0 Å². The van der Waals surface area contributed by atoms with E-state index in [1.54, 1.807) is 23.1 Å². The maximum atomic E-state index is 12.7. The van der Waals surface area contributed by atoms with Crippen molar-refractivity contribution < 1.29 is 18.0 Å². The average Bonchev–Trinajstić information content (AvgIpc) is 3.17. The zero-order chi connectivity index (χ0) is 24.0. The van der Waals surface area contributed by atoms with Gasteiger partial charge in [-0.2, -0.15) is 0 Å². The summed E-state index contributed by atoms with van der Waals surface area (Å²) in [5.41, 5.74) is 2.06. The normalized spacial score (nSPS) is 16.3. The second kappa shape index (κ2) is 11.1. The molecule has 1 unspecified atom stereocenters. The highest BCUT2D eigenvalue weighted by atomic mass is 35.5. The number of nitrogens with zero attached hydrogens (tertiary/aromatic N) is 1. The molecule has 2 aromatic carbocycles. The lowest BCUT2D eigenvalue weighted by atomic mass is 10.1. The molecular weight excluding hydrogens is 462 g/mol. The minimum Gasteiger partial charge on any atom is -0.326 e. The summed E-state index contributed by atoms with van der Waals surface area (Å²) < 4.78 is 27.4. The molecule has 2 N–H and O–H groups in total. The number of halogens is 1. The summed E-state index contributed by atoms with van der Waals surface area (Å²) in [7, 11) is -3.59. The van der Waals surface area contributed by atoms with Crippen LogP contribution in [0.3, 0.4) is 0 Å². The van der Waals surface area contributed by atoms with Crippen LogP contribution in [0.25, 0.3) is 0 Å². The number of rotatable bonds is 10. The van der Waals surface area contributed by atoms with E-state index >= 15 is 0 Å². The van der Waals surface area contributed by atoms with Gasteiger partial charge >= 0.3 is 0 Å². The highest BCUT2D eigenvalue weighted by Gasteiger charge is 2.35. The van der Waals surface area contributed by atoms with Gasteiger partial charge < -0.3 is 10.2 Å². The fraction of sp³-hybridized carbons (Fsp3) is 0.417. The van der Waals surface area contributed by atoms with E-state index < -0.39 is 15.9 Å². The molecule has 3 rings (SSSR count). The fourth-order valence-electron chi connectivity index (χ4n) is 3.69. The number of hydrogen-bond donors (Lipinski definition) is 2. The third kappa shape index (κ3) is 6.56. The van der Waals surface area contributed by atoms with Crippen LogP contribution < -0.4 is 14.9 Å². The smallest absolute Gasteiger partial charge is 0.240 e. The number of carbonyl (C=O) groups excluding carboxylic acids is 2. The Labute approximate surface area is 200 Å². The van der Waals surface area contributed by atoms with Crippen LogP contribution in [0.1, 0.15) is 44.6 Å². The molecule has 2 aromatic rings. The molecule has 0 bridgehead atoms. The van der Waals surface area contributed by atoms with E-state index in [0.29, 0.717) is 22.9 Å². The summed E-state index contributed by atoms with van der Waals surface area (Å²) in [5.74, 6) is -0.930. The van der Waals surface area contributed by atoms with Crippen molar-refractivity contribution in [3.63, 3.8) is 0 Å². The number of hydrogen-bond acceptors (Lipinski definition) is 4. The number of sulfonamides is 1. The number of anilines is 2. The Hall–Kier alpha value is -2.42. The molecule has 1 heterocycles. The van der Waals surface area contributed by atoms with Crippen LogP contribution in [-0.4, -0.2) is 33.3 Å². The Morgan fingerprint density at radius 3 is 2.52 bits per heavy atom. The van der Waals surface area contributed by atoms with E-state index in [1.165, 1.54) is 12.1 Å². The molecule has 33 heavy (non-hydrogen) atoms. The number of nitrogens with one attached hydrogen (secondary N) is 2. The zero-order valence-electron chi connectivity index (χ0n) is 18.9. The average molecular weight is 492 g/mol. The SMILES string of the molecule is CCCCCCNS(=O)(=O)c1ccc(NC(=O)C2CC(=O)N(c3ccc(C)c(Cl)c3)C2)cc1. The molecule has 0 saturated carbocycles. The topological polar surface area (TPSA) is 95.6 Å². The number of amides is 2. The first-order chi connectivity index (χ1) is 15.7. The van der Waals surface area contributed by atoms with Crippen LogP contribution >= 0.6 is 11.6 Å². The van der Waals surface area contributed by atoms with E-state index in [2.05, 4.69) is 17.0 Å². The van der Waals surface area contributed by atoms with Gasteiger partial charge in [0.2, 0.25) is 21.8 Å². The van der Waals surface area contributed by atoms with Crippen molar-refractivity contribution in [3.05, 3.63) is 53.1 Å². The van der Waals surface area contributed by atoms with E-state index in [-0.39, 0.29) is 29.7 Å². The van der Waals surface area contributed by atoms with Crippen molar-refractivity contribution in [1.82, 2.24) is 4.72 Å². The minimum atomic E-state index is -3.59. The van der Waals surface area contributed by atoms with Gasteiger partial charge in [-0.05, 0) is 55.3 Å². The van der Waals surface area contributed by atoms with E-state index in [4.69, 9.17) is 11.6 Å². The first-order valence-corrected chi connectivity index (χ1v) is 13.0. The lowest BCUT2D eigenvalue weighted by Gasteiger charge is -2.17. The molecule has 1 aliphatic heterocycles. The van der Waals surface area contributed by atoms with E-state index in [0.717, 1.165) is 31.2 Å². The molecule has 0 radical (unpaired) electrons. The third-order valence-electron chi connectivity index (χ3n) is 5.72. The summed E-state index contributed by atoms with van der Waals surface area (Å²) in [6, 6.07) is 11.4. The fourth-order valence-corrected chi connectivity index (χ4v) is 4.93. The van der Waals surface area contributed by atoms with Crippen LogP contribution in [0, 0.1) is 12.8 Å². The number of aryl methyl sites for hydroxylation is 1. The molecule has 1 fully saturated rings. The van der Waals surface area contributed by atoms with Gasteiger partial charge in [0, 0.05) is 35.9 Å². The van der Waals surface area contributed by atoms with E-state index in [1.807, 2.05) is 19.1 Å². The van der Waals surface area contributed by atoms with Crippen LogP contribution in [0.2, 0.25) is 5.02 Å². The molecule has 0 spiro atoms. The second-order valence-corrected chi connectivity index (χ2v) is 10.5. The molecule has 1 aliphatic rings. The summed E-state index contributed by atoms with van der Waals surface area (Å²) >= 11 is 6.17. The maximum absolute atomic E-state index is 12.7. The van der Waals surface area contributed by atoms with Gasteiger partial charge in [-0.25, -0.2) is 13.1 Å². The lowest BCUT2D eigenvalue weighted by molar-refractivity contribution is -0.122. The Morgan fingerprint density at radius 1 is 1.12 bits per heavy atom. The van der Waals surface area contributed by atoms with Gasteiger partial charge in [0.05, 0.1) is 10.8 Å². The Bertz CT molecular complexity index is 1100. The van der Waals surface area contributed by atoms with Crippen molar-refractivity contribution in [2.45, 2.75) is 50.8 Å². The van der Waals surface area contributed by atoms with Gasteiger partial charge in [-0.1, -0.05) is 43.9 Å². The quantitative estimate of drug-likeness (QED) is 0.478. The Kier molecular flexibility index (Phi) is 8.51. The second-order valence-electron chi connectivity index (χ2n) is 8.31. The molecule has 0 aliphatic carbocycles. The van der Waals surface area contributed by atoms with E-state index in [9.17, 15) is 18.0 Å². The van der Waals surface area contributed by atoms with Crippen LogP contribution in [-0.2, 0) is 19.6 Å². The van der Waals surface area contributed by atoms with Crippen LogP contribution in [0.4, 0.5) is 11.4 Å². The summed E-state index contributed by atoms with van der Waals surface area (Å²) in [6.45, 7) is 4.65. The standard InChI is InChI=1S/C24H30ClN3O4S/c1-3-4-5-6-13-26-33(31,32)21-11-8-19(9-12-21)27-24(30)18-14-23(29)28(16-18)20-10-7-17(2)22(25)15-20/h7-12,15,18,26H,3-6,13-14,16H2,1-2H3,(H,27,30). The first-order valence-electron chi connectivity index (χ1n) is 11.2. The molecule has 0 aromatic heterocycles. The highest BCUT2D eigenvalue weighted by Crippen LogP contribution is 2.29. The summed E-state index contributed by atoms with van der Waals surface area (Å²) in [6.07, 6.45) is 4.06. The van der Waals surface area contributed by atoms with Gasteiger partial charge in [0.15, 0.2) is 0 Å². The van der Waals surface area contributed by atoms with Gasteiger partial charge in [0.1, 0.15) is 0 Å². The largest absolute Gasteiger partial charge is 0.326 e. The minimum absolute atomic E-state index is 0.103. The molecule has 178 valence electrons. The van der Waals surface area contributed by atoms with Gasteiger partial charge in [-0.15, -0.1) is 0 Å². The van der Waals surface area contributed by atoms with Crippen LogP contribution in [0.15, 0.2) is 47.4 Å². The summed E-state index contributed by atoms with van der Waals surface area (Å²) in [5, 5.41) is 3.35. The summed E-state index contributed by atoms with van der Waals surface area (Å²) in [4.78, 5) is 26.9. The Morgan fingerprint density at radius 2 is 1.85 bits per heavy atom. The van der Waals surface area contributed by atoms with Crippen LogP contribution in [0.5, 0.6) is 0 Å². The Balaban J connectivity index is 1.57. The maximum Gasteiger partial charge on any atom is 0.240 e.